The number of rotatable bonds is 4. The van der Waals surface area contributed by atoms with Crippen molar-refractivity contribution in [2.75, 3.05) is 18.6 Å². The Bertz CT molecular complexity index is 700. The number of halogens is 5. The van der Waals surface area contributed by atoms with E-state index in [1.807, 2.05) is 0 Å². The summed E-state index contributed by atoms with van der Waals surface area (Å²) in [4.78, 5) is 11.8. The predicted octanol–water partition coefficient (Wildman–Crippen LogP) is 1.72. The first-order valence-corrected chi connectivity index (χ1v) is 8.43. The van der Waals surface area contributed by atoms with Gasteiger partial charge < -0.3 is 5.32 Å². The van der Waals surface area contributed by atoms with Gasteiger partial charge in [0.1, 0.15) is 5.75 Å². The van der Waals surface area contributed by atoms with Crippen LogP contribution in [0.4, 0.5) is 17.6 Å². The van der Waals surface area contributed by atoms with Crippen molar-refractivity contribution in [3.05, 3.63) is 34.9 Å². The topological polar surface area (TPSA) is 63.2 Å². The summed E-state index contributed by atoms with van der Waals surface area (Å²) in [5, 5.41) is 2.63. The zero-order valence-corrected chi connectivity index (χ0v) is 13.5. The lowest BCUT2D eigenvalue weighted by atomic mass is 9.94. The number of carbonyl (C=O) groups excluding carboxylic acids is 1. The molecule has 1 heterocycles. The van der Waals surface area contributed by atoms with E-state index >= 15 is 0 Å². The van der Waals surface area contributed by atoms with Crippen molar-refractivity contribution in [1.82, 2.24) is 5.32 Å². The molecule has 0 bridgehead atoms. The van der Waals surface area contributed by atoms with Crippen molar-refractivity contribution in [2.45, 2.75) is 18.4 Å². The second-order valence-electron chi connectivity index (χ2n) is 5.31. The Kier molecular flexibility index (Phi) is 6.17. The summed E-state index contributed by atoms with van der Waals surface area (Å²) < 4.78 is 76.0. The fourth-order valence-electron chi connectivity index (χ4n) is 2.51. The van der Waals surface area contributed by atoms with Crippen LogP contribution >= 0.6 is 12.4 Å². The smallest absolute Gasteiger partial charge is 0.165 e. The Morgan fingerprint density at radius 1 is 1.22 bits per heavy atom. The Labute approximate surface area is 136 Å². The average molecular weight is 376 g/mol. The fraction of sp³-hybridized carbons (Fsp3) is 0.462. The molecule has 1 aliphatic rings. The van der Waals surface area contributed by atoms with E-state index in [4.69, 9.17) is 0 Å². The zero-order valence-electron chi connectivity index (χ0n) is 11.9. The van der Waals surface area contributed by atoms with E-state index < -0.39 is 62.2 Å². The molecule has 0 aliphatic carbocycles. The molecule has 1 N–H and O–H groups in total. The second-order valence-corrected chi connectivity index (χ2v) is 7.45. The molecule has 1 aliphatic heterocycles. The Hall–Kier alpha value is -1.19. The van der Waals surface area contributed by atoms with E-state index in [1.165, 1.54) is 0 Å². The van der Waals surface area contributed by atoms with Gasteiger partial charge in [0, 0.05) is 30.3 Å². The molecule has 0 aromatic heterocycles. The molecular weight excluding hydrogens is 362 g/mol. The van der Waals surface area contributed by atoms with Crippen LogP contribution in [0.2, 0.25) is 0 Å². The molecular formula is C13H14ClF4NO3S. The number of hydrogen-bond donors (Lipinski definition) is 1. The van der Waals surface area contributed by atoms with Crippen LogP contribution in [0.25, 0.3) is 0 Å². The van der Waals surface area contributed by atoms with Crippen LogP contribution in [-0.4, -0.2) is 38.8 Å². The van der Waals surface area contributed by atoms with Crippen LogP contribution in [0.3, 0.4) is 0 Å². The second kappa shape index (κ2) is 7.14. The number of benzene rings is 1. The van der Waals surface area contributed by atoms with E-state index in [0.29, 0.717) is 0 Å². The van der Waals surface area contributed by atoms with E-state index in [0.717, 1.165) is 6.26 Å². The van der Waals surface area contributed by atoms with Crippen molar-refractivity contribution in [2.24, 2.45) is 0 Å². The Morgan fingerprint density at radius 3 is 2.22 bits per heavy atom. The van der Waals surface area contributed by atoms with E-state index in [9.17, 15) is 30.8 Å². The first-order valence-electron chi connectivity index (χ1n) is 6.37. The van der Waals surface area contributed by atoms with Gasteiger partial charge in [-0.1, -0.05) is 0 Å². The van der Waals surface area contributed by atoms with E-state index in [2.05, 4.69) is 5.32 Å². The lowest BCUT2D eigenvalue weighted by molar-refractivity contribution is -0.118. The molecule has 0 amide bonds. The summed E-state index contributed by atoms with van der Waals surface area (Å²) in [6, 6.07) is -0.812. The Morgan fingerprint density at radius 2 is 1.74 bits per heavy atom. The molecule has 23 heavy (non-hydrogen) atoms. The third kappa shape index (κ3) is 4.42. The predicted molar refractivity (Wildman–Crippen MR) is 77.4 cm³/mol. The molecule has 1 saturated heterocycles. The van der Waals surface area contributed by atoms with Gasteiger partial charge in [0.25, 0.3) is 0 Å². The maximum atomic E-state index is 13.7. The summed E-state index contributed by atoms with van der Waals surface area (Å²) in [5.74, 6) is -8.34. The summed E-state index contributed by atoms with van der Waals surface area (Å²) in [6.45, 7) is -0.0864. The minimum atomic E-state index is -3.53. The van der Waals surface area contributed by atoms with Gasteiger partial charge in [-0.05, 0) is 6.42 Å². The van der Waals surface area contributed by atoms with Crippen LogP contribution in [0.1, 0.15) is 17.9 Å². The van der Waals surface area contributed by atoms with Gasteiger partial charge in [-0.15, -0.1) is 12.4 Å². The molecule has 0 radical (unpaired) electrons. The van der Waals surface area contributed by atoms with Gasteiger partial charge in [-0.2, -0.15) is 0 Å². The summed E-state index contributed by atoms with van der Waals surface area (Å²) in [7, 11) is -3.53. The molecule has 4 nitrogen and oxygen atoms in total. The molecule has 0 saturated carbocycles. The van der Waals surface area contributed by atoms with Crippen molar-refractivity contribution in [3.8, 4) is 0 Å². The number of ketones is 1. The van der Waals surface area contributed by atoms with Crippen LogP contribution in [0, 0.1) is 23.3 Å². The highest BCUT2D eigenvalue weighted by Gasteiger charge is 2.35. The molecule has 10 heteroatoms. The molecule has 2 rings (SSSR count). The molecule has 1 aromatic rings. The minimum absolute atomic E-state index is 0. The van der Waals surface area contributed by atoms with Crippen molar-refractivity contribution >= 4 is 28.0 Å². The molecule has 1 aromatic carbocycles. The standard InChI is InChI=1S/C13H13F4NO3S.ClH/c1-22(20,21)5-10(19)9-2-6(4-18-9)11-12(16)7(14)3-8(15)13(11)17;/h3,6,9,18H,2,4-5H2,1H3;1H/t6-,9?;/m1./s1. The summed E-state index contributed by atoms with van der Waals surface area (Å²) >= 11 is 0. The average Bonchev–Trinajstić information content (AvgIpc) is 2.84. The normalized spacial score (nSPS) is 21.1. The molecule has 130 valence electrons. The molecule has 2 atom stereocenters. The van der Waals surface area contributed by atoms with E-state index in [1.54, 1.807) is 0 Å². The quantitative estimate of drug-likeness (QED) is 0.643. The lowest BCUT2D eigenvalue weighted by Crippen LogP contribution is -2.34. The van der Waals surface area contributed by atoms with Crippen molar-refractivity contribution in [1.29, 1.82) is 0 Å². The van der Waals surface area contributed by atoms with Crippen LogP contribution < -0.4 is 5.32 Å². The van der Waals surface area contributed by atoms with Gasteiger partial charge in [0.15, 0.2) is 38.9 Å². The number of sulfone groups is 1. The zero-order chi connectivity index (χ0) is 16.7. The first kappa shape index (κ1) is 19.9. The largest absolute Gasteiger partial charge is 0.307 e. The van der Waals surface area contributed by atoms with Gasteiger partial charge >= 0.3 is 0 Å². The highest BCUT2D eigenvalue weighted by Crippen LogP contribution is 2.32. The maximum Gasteiger partial charge on any atom is 0.165 e. The van der Waals surface area contributed by atoms with E-state index in [-0.39, 0.29) is 31.4 Å². The van der Waals surface area contributed by atoms with Gasteiger partial charge in [-0.3, -0.25) is 4.79 Å². The lowest BCUT2D eigenvalue weighted by Gasteiger charge is -2.13. The summed E-state index contributed by atoms with van der Waals surface area (Å²) in [5.41, 5.74) is -0.764. The van der Waals surface area contributed by atoms with Crippen LogP contribution in [0.5, 0.6) is 0 Å². The number of hydrogen-bond acceptors (Lipinski definition) is 4. The number of Topliss-reactive ketones (excluding diaryl/α,β-unsaturated/α-hetero) is 1. The highest BCUT2D eigenvalue weighted by molar-refractivity contribution is 7.91. The monoisotopic (exact) mass is 375 g/mol. The number of nitrogens with one attached hydrogen (secondary N) is 1. The SMILES string of the molecule is CS(=O)(=O)CC(=O)C1C[C@@H](c2c(F)c(F)cc(F)c2F)CN1.Cl. The Balaban J connectivity index is 0.00000264. The number of carbonyl (C=O) groups is 1. The van der Waals surface area contributed by atoms with Crippen LogP contribution in [-0.2, 0) is 14.6 Å². The maximum absolute atomic E-state index is 13.7. The first-order chi connectivity index (χ1) is 10.1. The minimum Gasteiger partial charge on any atom is -0.307 e. The molecule has 0 spiro atoms. The van der Waals surface area contributed by atoms with Crippen LogP contribution in [0.15, 0.2) is 6.07 Å². The van der Waals surface area contributed by atoms with Gasteiger partial charge in [-0.25, -0.2) is 26.0 Å². The highest BCUT2D eigenvalue weighted by atomic mass is 35.5. The van der Waals surface area contributed by atoms with Crippen molar-refractivity contribution < 1.29 is 30.8 Å². The third-order valence-electron chi connectivity index (χ3n) is 3.48. The summed E-state index contributed by atoms with van der Waals surface area (Å²) in [6.07, 6.45) is 0.754. The molecule has 1 unspecified atom stereocenters. The van der Waals surface area contributed by atoms with Gasteiger partial charge in [0.2, 0.25) is 0 Å². The molecule has 1 fully saturated rings. The third-order valence-corrected chi connectivity index (χ3v) is 4.29. The van der Waals surface area contributed by atoms with Crippen molar-refractivity contribution in [3.63, 3.8) is 0 Å². The fourth-order valence-corrected chi connectivity index (χ4v) is 3.23. The van der Waals surface area contributed by atoms with Gasteiger partial charge in [0.05, 0.1) is 6.04 Å².